The molecule has 218 valence electrons. The van der Waals surface area contributed by atoms with Crippen molar-refractivity contribution in [1.29, 1.82) is 0 Å². The van der Waals surface area contributed by atoms with Crippen molar-refractivity contribution in [2.24, 2.45) is 0 Å². The second-order valence-electron chi connectivity index (χ2n) is 11.2. The van der Waals surface area contributed by atoms with Crippen LogP contribution in [-0.2, 0) is 32.9 Å². The van der Waals surface area contributed by atoms with Crippen molar-refractivity contribution in [3.05, 3.63) is 24.0 Å². The molecule has 37 heavy (non-hydrogen) atoms. The highest BCUT2D eigenvalue weighted by atomic mass is 28.4. The summed E-state index contributed by atoms with van der Waals surface area (Å²) in [6, 6.07) is 0. The minimum Gasteiger partial charge on any atom is -0.468 e. The first-order chi connectivity index (χ1) is 17.5. The van der Waals surface area contributed by atoms with E-state index in [1.165, 1.54) is 51.7 Å². The molecule has 0 saturated heterocycles. The smallest absolute Gasteiger partial charge is 0.330 e. The Labute approximate surface area is 228 Å². The molecule has 2 atom stereocenters. The lowest BCUT2D eigenvalue weighted by Gasteiger charge is -2.38. The van der Waals surface area contributed by atoms with E-state index in [4.69, 9.17) is 23.4 Å². The number of hydrogen-bond donors (Lipinski definition) is 0. The lowest BCUT2D eigenvalue weighted by molar-refractivity contribution is -0.134. The zero-order chi connectivity index (χ0) is 28.2. The average molecular weight is 545 g/mol. The van der Waals surface area contributed by atoms with Gasteiger partial charge in [-0.15, -0.1) is 0 Å². The number of carbonyl (C=O) groups is 1. The Bertz CT molecular complexity index is 641. The largest absolute Gasteiger partial charge is 0.468 e. The van der Waals surface area contributed by atoms with E-state index < -0.39 is 14.3 Å². The van der Waals surface area contributed by atoms with Crippen LogP contribution in [0.3, 0.4) is 0 Å². The van der Waals surface area contributed by atoms with Gasteiger partial charge in [-0.25, -0.2) is 4.79 Å². The van der Waals surface area contributed by atoms with Crippen molar-refractivity contribution >= 4 is 14.3 Å². The standard InChI is InChI=1S/C29H56O7Si/c1-25(36-37(8,9)29(2,3)4)18-16-14-12-10-11-13-15-17-19-26(34-23-31-5)22-27(35-24-32-6)20-21-28(30)33-7/h20-22,25-26H,10-19,23-24H2,1-9H3/b21-20+,27-22+/t25-,26+/m0/s1. The highest BCUT2D eigenvalue weighted by Crippen LogP contribution is 2.37. The monoisotopic (exact) mass is 544 g/mol. The van der Waals surface area contributed by atoms with Crippen LogP contribution in [0.1, 0.15) is 91.9 Å². The normalized spacial score (nSPS) is 14.7. The van der Waals surface area contributed by atoms with Crippen molar-refractivity contribution in [2.45, 2.75) is 122 Å². The summed E-state index contributed by atoms with van der Waals surface area (Å²) >= 11 is 0. The fourth-order valence-corrected chi connectivity index (χ4v) is 5.10. The second-order valence-corrected chi connectivity index (χ2v) is 15.9. The van der Waals surface area contributed by atoms with Crippen LogP contribution in [0, 0.1) is 0 Å². The molecule has 0 aliphatic rings. The Morgan fingerprint density at radius 2 is 1.35 bits per heavy atom. The van der Waals surface area contributed by atoms with E-state index in [9.17, 15) is 4.79 Å². The fourth-order valence-electron chi connectivity index (χ4n) is 3.63. The Morgan fingerprint density at radius 1 is 0.811 bits per heavy atom. The lowest BCUT2D eigenvalue weighted by atomic mass is 10.0. The first kappa shape index (κ1) is 35.8. The molecule has 0 aliphatic heterocycles. The minimum atomic E-state index is -1.66. The molecule has 0 aromatic rings. The summed E-state index contributed by atoms with van der Waals surface area (Å²) < 4.78 is 32.5. The molecular formula is C29H56O7Si. The molecule has 0 aromatic heterocycles. The van der Waals surface area contributed by atoms with Gasteiger partial charge in [-0.3, -0.25) is 0 Å². The number of methoxy groups -OCH3 is 3. The van der Waals surface area contributed by atoms with Crippen LogP contribution < -0.4 is 0 Å². The highest BCUT2D eigenvalue weighted by Gasteiger charge is 2.38. The van der Waals surface area contributed by atoms with Crippen LogP contribution in [0.25, 0.3) is 0 Å². The quantitative estimate of drug-likeness (QED) is 0.0265. The fraction of sp³-hybridized carbons (Fsp3) is 0.828. The number of unbranched alkanes of at least 4 members (excludes halogenated alkanes) is 7. The highest BCUT2D eigenvalue weighted by molar-refractivity contribution is 6.74. The number of allylic oxidation sites excluding steroid dienone is 1. The third kappa shape index (κ3) is 18.7. The van der Waals surface area contributed by atoms with Crippen LogP contribution >= 0.6 is 0 Å². The van der Waals surface area contributed by atoms with E-state index in [1.54, 1.807) is 20.3 Å². The molecule has 0 spiro atoms. The Hall–Kier alpha value is -1.19. The van der Waals surface area contributed by atoms with E-state index in [0.29, 0.717) is 11.9 Å². The maximum Gasteiger partial charge on any atom is 0.330 e. The molecule has 7 nitrogen and oxygen atoms in total. The van der Waals surface area contributed by atoms with E-state index in [0.717, 1.165) is 25.7 Å². The second kappa shape index (κ2) is 20.7. The predicted molar refractivity (Wildman–Crippen MR) is 153 cm³/mol. The van der Waals surface area contributed by atoms with Crippen LogP contribution in [0.4, 0.5) is 0 Å². The van der Waals surface area contributed by atoms with Crippen molar-refractivity contribution in [3.63, 3.8) is 0 Å². The summed E-state index contributed by atoms with van der Waals surface area (Å²) in [5.74, 6) is 0.0488. The van der Waals surface area contributed by atoms with Crippen LogP contribution in [-0.4, -0.2) is 61.4 Å². The SMILES string of the molecule is COCOC(/C=C/C(=O)OC)=C/[C@@H](CCCCCCCCCC[C@H](C)O[Si](C)(C)C(C)(C)C)OCOC. The third-order valence-corrected chi connectivity index (χ3v) is 11.4. The van der Waals surface area contributed by atoms with Crippen molar-refractivity contribution in [3.8, 4) is 0 Å². The van der Waals surface area contributed by atoms with Crippen LogP contribution in [0.15, 0.2) is 24.0 Å². The molecule has 0 unspecified atom stereocenters. The van der Waals surface area contributed by atoms with Gasteiger partial charge in [0.1, 0.15) is 12.6 Å². The summed E-state index contributed by atoms with van der Waals surface area (Å²) in [5.41, 5.74) is 0. The van der Waals surface area contributed by atoms with Crippen LogP contribution in [0.5, 0.6) is 0 Å². The maximum atomic E-state index is 11.4. The number of hydrogen-bond acceptors (Lipinski definition) is 7. The number of ether oxygens (including phenoxy) is 5. The molecule has 0 radical (unpaired) electrons. The van der Waals surface area contributed by atoms with Crippen molar-refractivity contribution < 1.29 is 32.9 Å². The van der Waals surface area contributed by atoms with Gasteiger partial charge in [-0.2, -0.15) is 0 Å². The predicted octanol–water partition coefficient (Wildman–Crippen LogP) is 7.52. The Kier molecular flexibility index (Phi) is 20.1. The molecule has 0 saturated carbocycles. The van der Waals surface area contributed by atoms with E-state index in [-0.39, 0.29) is 24.7 Å². The molecule has 8 heteroatoms. The number of rotatable bonds is 22. The molecule has 0 aliphatic carbocycles. The summed E-state index contributed by atoms with van der Waals surface area (Å²) in [5, 5.41) is 0.273. The van der Waals surface area contributed by atoms with Gasteiger partial charge in [0.2, 0.25) is 0 Å². The summed E-state index contributed by atoms with van der Waals surface area (Å²) in [7, 11) is 2.83. The topological polar surface area (TPSA) is 72.5 Å². The molecular weight excluding hydrogens is 488 g/mol. The summed E-state index contributed by atoms with van der Waals surface area (Å²) in [6.07, 6.45) is 16.7. The lowest BCUT2D eigenvalue weighted by Crippen LogP contribution is -2.43. The first-order valence-electron chi connectivity index (χ1n) is 13.8. The number of carbonyl (C=O) groups excluding carboxylic acids is 1. The molecule has 0 N–H and O–H groups in total. The van der Waals surface area contributed by atoms with Crippen LogP contribution in [0.2, 0.25) is 18.1 Å². The zero-order valence-corrected chi connectivity index (χ0v) is 26.2. The van der Waals surface area contributed by atoms with Gasteiger partial charge >= 0.3 is 5.97 Å². The van der Waals surface area contributed by atoms with E-state index >= 15 is 0 Å². The molecule has 0 aromatic carbocycles. The van der Waals surface area contributed by atoms with Gasteiger partial charge in [-0.05, 0) is 50.0 Å². The minimum absolute atomic E-state index is 0.0803. The summed E-state index contributed by atoms with van der Waals surface area (Å²) in [6.45, 7) is 14.1. The molecule has 0 amide bonds. The summed E-state index contributed by atoms with van der Waals surface area (Å²) in [4.78, 5) is 11.4. The Balaban J connectivity index is 4.27. The van der Waals surface area contributed by atoms with Gasteiger partial charge < -0.3 is 28.1 Å². The zero-order valence-electron chi connectivity index (χ0n) is 25.2. The third-order valence-electron chi connectivity index (χ3n) is 6.83. The van der Waals surface area contributed by atoms with E-state index in [2.05, 4.69) is 45.5 Å². The van der Waals surface area contributed by atoms with Gasteiger partial charge in [0, 0.05) is 26.4 Å². The number of esters is 1. The van der Waals surface area contributed by atoms with Gasteiger partial charge in [0.15, 0.2) is 15.1 Å². The maximum absolute atomic E-state index is 11.4. The Morgan fingerprint density at radius 3 is 1.86 bits per heavy atom. The van der Waals surface area contributed by atoms with Gasteiger partial charge in [0.05, 0.1) is 13.2 Å². The average Bonchev–Trinajstić information content (AvgIpc) is 2.83. The van der Waals surface area contributed by atoms with E-state index in [1.807, 2.05) is 6.08 Å². The molecule has 0 rings (SSSR count). The van der Waals surface area contributed by atoms with Crippen molar-refractivity contribution in [1.82, 2.24) is 0 Å². The molecule has 0 bridgehead atoms. The van der Waals surface area contributed by atoms with Crippen molar-refractivity contribution in [2.75, 3.05) is 34.9 Å². The van der Waals surface area contributed by atoms with Gasteiger partial charge in [-0.1, -0.05) is 72.1 Å². The van der Waals surface area contributed by atoms with Gasteiger partial charge in [0.25, 0.3) is 0 Å². The molecule has 0 heterocycles. The molecule has 0 fully saturated rings. The first-order valence-corrected chi connectivity index (χ1v) is 16.8.